The number of hydrogen-bond donors (Lipinski definition) is 0. The predicted molar refractivity (Wildman–Crippen MR) is 101 cm³/mol. The van der Waals surface area contributed by atoms with Gasteiger partial charge < -0.3 is 14.1 Å². The number of morpholine rings is 1. The Balaban J connectivity index is 1.77. The number of furan rings is 1. The van der Waals surface area contributed by atoms with E-state index >= 15 is 0 Å². The first-order valence-electron chi connectivity index (χ1n) is 8.70. The fraction of sp³-hybridized carbons (Fsp3) is 0.421. The molecule has 0 aliphatic carbocycles. The Labute approximate surface area is 155 Å². The highest BCUT2D eigenvalue weighted by molar-refractivity contribution is 7.20. The molecule has 136 valence electrons. The molecule has 4 rings (SSSR count). The third-order valence-corrected chi connectivity index (χ3v) is 5.95. The van der Waals surface area contributed by atoms with Crippen LogP contribution in [0.15, 0.2) is 22.8 Å². The van der Waals surface area contributed by atoms with Crippen molar-refractivity contribution in [3.8, 4) is 11.6 Å². The van der Waals surface area contributed by atoms with Gasteiger partial charge in [0.05, 0.1) is 35.6 Å². The molecule has 1 amide bonds. The van der Waals surface area contributed by atoms with E-state index in [1.165, 1.54) is 11.3 Å². The van der Waals surface area contributed by atoms with Crippen molar-refractivity contribution in [1.82, 2.24) is 14.9 Å². The van der Waals surface area contributed by atoms with Crippen LogP contribution in [-0.2, 0) is 4.74 Å². The summed E-state index contributed by atoms with van der Waals surface area (Å²) in [4.78, 5) is 25.9. The standard InChI is InChI=1S/C19H21N3O3S/c1-10-9-25-11(2)8-22(10)19(23)16-12(3)15-13(4)20-17(21-18(15)26-16)14-6-5-7-24-14/h5-7,10-11H,8-9H2,1-4H3/t10-,11-/m0/s1. The first-order chi connectivity index (χ1) is 12.5. The quantitative estimate of drug-likeness (QED) is 0.685. The predicted octanol–water partition coefficient (Wildman–Crippen LogP) is 3.82. The normalized spacial score (nSPS) is 20.7. The second-order valence-corrected chi connectivity index (χ2v) is 7.80. The molecule has 4 heterocycles. The van der Waals surface area contributed by atoms with E-state index in [0.29, 0.717) is 24.7 Å². The molecule has 0 unspecified atom stereocenters. The van der Waals surface area contributed by atoms with Crippen molar-refractivity contribution in [3.63, 3.8) is 0 Å². The lowest BCUT2D eigenvalue weighted by molar-refractivity contribution is -0.0385. The van der Waals surface area contributed by atoms with Gasteiger partial charge in [-0.1, -0.05) is 0 Å². The second kappa shape index (κ2) is 6.48. The number of amides is 1. The average Bonchev–Trinajstić information content (AvgIpc) is 3.25. The van der Waals surface area contributed by atoms with Crippen LogP contribution in [0.4, 0.5) is 0 Å². The van der Waals surface area contributed by atoms with Crippen molar-refractivity contribution in [2.75, 3.05) is 13.2 Å². The van der Waals surface area contributed by atoms with Crippen molar-refractivity contribution in [2.45, 2.75) is 39.8 Å². The summed E-state index contributed by atoms with van der Waals surface area (Å²) in [6.07, 6.45) is 1.66. The maximum Gasteiger partial charge on any atom is 0.264 e. The highest BCUT2D eigenvalue weighted by atomic mass is 32.1. The lowest BCUT2D eigenvalue weighted by atomic mass is 10.1. The highest BCUT2D eigenvalue weighted by Crippen LogP contribution is 2.34. The smallest absolute Gasteiger partial charge is 0.264 e. The van der Waals surface area contributed by atoms with Crippen LogP contribution in [-0.4, -0.2) is 46.1 Å². The van der Waals surface area contributed by atoms with Crippen LogP contribution in [0, 0.1) is 13.8 Å². The number of ether oxygens (including phenoxy) is 1. The van der Waals surface area contributed by atoms with Crippen molar-refractivity contribution in [2.24, 2.45) is 0 Å². The number of fused-ring (bicyclic) bond motifs is 1. The Morgan fingerprint density at radius 2 is 2.12 bits per heavy atom. The van der Waals surface area contributed by atoms with Gasteiger partial charge in [0, 0.05) is 11.9 Å². The average molecular weight is 371 g/mol. The topological polar surface area (TPSA) is 68.5 Å². The zero-order chi connectivity index (χ0) is 18.4. The minimum atomic E-state index is 0.0482. The monoisotopic (exact) mass is 371 g/mol. The van der Waals surface area contributed by atoms with Crippen molar-refractivity contribution in [1.29, 1.82) is 0 Å². The van der Waals surface area contributed by atoms with E-state index in [4.69, 9.17) is 9.15 Å². The Hall–Kier alpha value is -2.25. The highest BCUT2D eigenvalue weighted by Gasteiger charge is 2.31. The molecule has 1 saturated heterocycles. The number of carbonyl (C=O) groups excluding carboxylic acids is 1. The second-order valence-electron chi connectivity index (χ2n) is 6.80. The molecular weight excluding hydrogens is 350 g/mol. The summed E-state index contributed by atoms with van der Waals surface area (Å²) in [5.74, 6) is 1.23. The third-order valence-electron chi connectivity index (χ3n) is 4.78. The van der Waals surface area contributed by atoms with Gasteiger partial charge in [0.15, 0.2) is 11.6 Å². The van der Waals surface area contributed by atoms with Gasteiger partial charge in [-0.15, -0.1) is 11.3 Å². The number of thiophene rings is 1. The molecule has 1 fully saturated rings. The fourth-order valence-electron chi connectivity index (χ4n) is 3.38. The molecule has 6 nitrogen and oxygen atoms in total. The summed E-state index contributed by atoms with van der Waals surface area (Å²) in [5, 5.41) is 0.961. The van der Waals surface area contributed by atoms with Crippen LogP contribution in [0.25, 0.3) is 21.8 Å². The maximum absolute atomic E-state index is 13.2. The maximum atomic E-state index is 13.2. The zero-order valence-corrected chi connectivity index (χ0v) is 16.1. The van der Waals surface area contributed by atoms with Crippen LogP contribution in [0.1, 0.15) is 34.8 Å². The summed E-state index contributed by atoms with van der Waals surface area (Å²) >= 11 is 1.43. The van der Waals surface area contributed by atoms with Gasteiger partial charge in [0.1, 0.15) is 4.83 Å². The summed E-state index contributed by atoms with van der Waals surface area (Å²) in [5.41, 5.74) is 1.81. The SMILES string of the molecule is Cc1nc(-c2ccco2)nc2sc(C(=O)N3C[C@H](C)OC[C@@H]3C)c(C)c12. The van der Waals surface area contributed by atoms with Gasteiger partial charge >= 0.3 is 0 Å². The first kappa shape index (κ1) is 17.2. The summed E-state index contributed by atoms with van der Waals surface area (Å²) in [7, 11) is 0. The van der Waals surface area contributed by atoms with E-state index < -0.39 is 0 Å². The summed E-state index contributed by atoms with van der Waals surface area (Å²) in [6, 6.07) is 3.71. The molecule has 1 aliphatic rings. The minimum Gasteiger partial charge on any atom is -0.461 e. The molecule has 0 saturated carbocycles. The molecule has 0 N–H and O–H groups in total. The molecule has 3 aromatic rings. The number of hydrogen-bond acceptors (Lipinski definition) is 6. The summed E-state index contributed by atoms with van der Waals surface area (Å²) in [6.45, 7) is 9.11. The molecular formula is C19H21N3O3S. The van der Waals surface area contributed by atoms with E-state index in [9.17, 15) is 4.79 Å². The third kappa shape index (κ3) is 2.81. The molecule has 0 spiro atoms. The fourth-order valence-corrected chi connectivity index (χ4v) is 4.56. The number of aromatic nitrogens is 2. The summed E-state index contributed by atoms with van der Waals surface area (Å²) < 4.78 is 11.1. The van der Waals surface area contributed by atoms with E-state index in [2.05, 4.69) is 9.97 Å². The lowest BCUT2D eigenvalue weighted by Gasteiger charge is -2.36. The number of aryl methyl sites for hydroxylation is 2. The molecule has 1 aliphatic heterocycles. The van der Waals surface area contributed by atoms with Crippen LogP contribution >= 0.6 is 11.3 Å². The van der Waals surface area contributed by atoms with Crippen molar-refractivity contribution >= 4 is 27.5 Å². The number of carbonyl (C=O) groups is 1. The van der Waals surface area contributed by atoms with E-state index in [0.717, 1.165) is 26.4 Å². The van der Waals surface area contributed by atoms with Crippen LogP contribution in [0.3, 0.4) is 0 Å². The molecule has 0 radical (unpaired) electrons. The van der Waals surface area contributed by atoms with Gasteiger partial charge in [0.2, 0.25) is 0 Å². The van der Waals surface area contributed by atoms with Gasteiger partial charge in [-0.05, 0) is 45.4 Å². The van der Waals surface area contributed by atoms with Gasteiger partial charge in [-0.2, -0.15) is 0 Å². The van der Waals surface area contributed by atoms with Gasteiger partial charge in [0.25, 0.3) is 5.91 Å². The van der Waals surface area contributed by atoms with Crippen molar-refractivity contribution < 1.29 is 13.9 Å². The first-order valence-corrected chi connectivity index (χ1v) is 9.51. The largest absolute Gasteiger partial charge is 0.461 e. The van der Waals surface area contributed by atoms with Crippen LogP contribution in [0.2, 0.25) is 0 Å². The Morgan fingerprint density at radius 1 is 1.31 bits per heavy atom. The molecule has 0 bridgehead atoms. The van der Waals surface area contributed by atoms with E-state index in [1.807, 2.05) is 44.7 Å². The molecule has 7 heteroatoms. The minimum absolute atomic E-state index is 0.0482. The van der Waals surface area contributed by atoms with Crippen molar-refractivity contribution in [3.05, 3.63) is 34.5 Å². The van der Waals surface area contributed by atoms with Gasteiger partial charge in [-0.25, -0.2) is 9.97 Å². The molecule has 3 aromatic heterocycles. The number of nitrogens with zero attached hydrogens (tertiary/aromatic N) is 3. The van der Waals surface area contributed by atoms with Gasteiger partial charge in [-0.3, -0.25) is 4.79 Å². The Bertz CT molecular complexity index is 964. The molecule has 0 aromatic carbocycles. The van der Waals surface area contributed by atoms with Crippen LogP contribution in [0.5, 0.6) is 0 Å². The Morgan fingerprint density at radius 3 is 2.85 bits per heavy atom. The molecule has 26 heavy (non-hydrogen) atoms. The zero-order valence-electron chi connectivity index (χ0n) is 15.3. The number of rotatable bonds is 2. The van der Waals surface area contributed by atoms with Crippen LogP contribution < -0.4 is 0 Å². The Kier molecular flexibility index (Phi) is 4.28. The van der Waals surface area contributed by atoms with E-state index in [-0.39, 0.29) is 18.1 Å². The molecule has 2 atom stereocenters. The van der Waals surface area contributed by atoms with E-state index in [1.54, 1.807) is 6.26 Å². The lowest BCUT2D eigenvalue weighted by Crippen LogP contribution is -2.50.